The number of likely N-dealkylation sites (N-methyl/N-ethyl adjacent to an activating group) is 1. The third-order valence-corrected chi connectivity index (χ3v) is 6.18. The topological polar surface area (TPSA) is 60.9 Å². The molecule has 26 heavy (non-hydrogen) atoms. The quantitative estimate of drug-likeness (QED) is 0.726. The highest BCUT2D eigenvalue weighted by atomic mass is 32.2. The van der Waals surface area contributed by atoms with Crippen LogP contribution in [-0.2, 0) is 14.8 Å². The predicted molar refractivity (Wildman–Crippen MR) is 105 cm³/mol. The number of nitrogens with zero attached hydrogens (tertiary/aromatic N) is 3. The molecule has 1 aliphatic rings. The van der Waals surface area contributed by atoms with Crippen LogP contribution < -0.4 is 0 Å². The second-order valence-corrected chi connectivity index (χ2v) is 8.17. The van der Waals surface area contributed by atoms with Crippen molar-refractivity contribution >= 4 is 22.0 Å². The van der Waals surface area contributed by atoms with Crippen LogP contribution in [0.2, 0.25) is 0 Å². The van der Waals surface area contributed by atoms with Crippen molar-refractivity contribution in [3.63, 3.8) is 0 Å². The Morgan fingerprint density at radius 3 is 2.42 bits per heavy atom. The summed E-state index contributed by atoms with van der Waals surface area (Å²) < 4.78 is 26.7. The number of carbonyl (C=O) groups excluding carboxylic acids is 1. The molecule has 1 aromatic carbocycles. The summed E-state index contributed by atoms with van der Waals surface area (Å²) in [5.74, 6) is 0.107. The minimum Gasteiger partial charge on any atom is -0.342 e. The lowest BCUT2D eigenvalue weighted by molar-refractivity contribution is -0.132. The van der Waals surface area contributed by atoms with Crippen molar-refractivity contribution in [3.8, 4) is 0 Å². The highest BCUT2D eigenvalue weighted by Gasteiger charge is 2.24. The molecule has 1 aromatic rings. The lowest BCUT2D eigenvalue weighted by Crippen LogP contribution is -2.41. The third kappa shape index (κ3) is 5.93. The first-order valence-electron chi connectivity index (χ1n) is 9.19. The van der Waals surface area contributed by atoms with Crippen LogP contribution in [-0.4, -0.2) is 74.2 Å². The molecule has 0 saturated carbocycles. The standard InChI is InChI=1S/C19H29N3O3S/c1-3-21(4-2)19(23)17-20-12-8-13-22(15-14-20)26(24,25)16-11-18-9-6-5-7-10-18/h5-7,9-11,16H,3-4,8,12-15,17H2,1-2H3/b16-11+. The largest absolute Gasteiger partial charge is 0.342 e. The average molecular weight is 380 g/mol. The van der Waals surface area contributed by atoms with E-state index >= 15 is 0 Å². The van der Waals surface area contributed by atoms with E-state index in [2.05, 4.69) is 4.90 Å². The van der Waals surface area contributed by atoms with Gasteiger partial charge >= 0.3 is 0 Å². The molecule has 0 atom stereocenters. The molecule has 0 aromatic heterocycles. The number of rotatable bonds is 7. The van der Waals surface area contributed by atoms with Crippen LogP contribution in [0.1, 0.15) is 25.8 Å². The van der Waals surface area contributed by atoms with Gasteiger partial charge in [0.15, 0.2) is 0 Å². The van der Waals surface area contributed by atoms with Crippen molar-refractivity contribution in [2.75, 3.05) is 45.8 Å². The number of hydrogen-bond acceptors (Lipinski definition) is 4. The van der Waals surface area contributed by atoms with E-state index in [1.807, 2.05) is 49.1 Å². The summed E-state index contributed by atoms with van der Waals surface area (Å²) in [6.45, 7) is 7.91. The van der Waals surface area contributed by atoms with Crippen LogP contribution in [0.15, 0.2) is 35.7 Å². The summed E-state index contributed by atoms with van der Waals surface area (Å²) in [6, 6.07) is 9.39. The lowest BCUT2D eigenvalue weighted by atomic mass is 10.2. The summed E-state index contributed by atoms with van der Waals surface area (Å²) in [5.41, 5.74) is 0.859. The van der Waals surface area contributed by atoms with Gasteiger partial charge in [-0.15, -0.1) is 0 Å². The Labute approximate surface area is 157 Å². The van der Waals surface area contributed by atoms with Crippen LogP contribution in [0, 0.1) is 0 Å². The van der Waals surface area contributed by atoms with E-state index in [1.54, 1.807) is 6.08 Å². The van der Waals surface area contributed by atoms with Crippen molar-refractivity contribution in [3.05, 3.63) is 41.3 Å². The molecule has 1 fully saturated rings. The van der Waals surface area contributed by atoms with Crippen molar-refractivity contribution in [1.82, 2.24) is 14.1 Å². The first-order valence-corrected chi connectivity index (χ1v) is 10.7. The lowest BCUT2D eigenvalue weighted by Gasteiger charge is -2.24. The second kappa shape index (κ2) is 9.85. The van der Waals surface area contributed by atoms with Gasteiger partial charge in [0, 0.05) is 38.1 Å². The maximum atomic E-state index is 12.6. The molecule has 0 radical (unpaired) electrons. The summed E-state index contributed by atoms with van der Waals surface area (Å²) in [6.07, 6.45) is 2.35. The number of hydrogen-bond donors (Lipinski definition) is 0. The van der Waals surface area contributed by atoms with E-state index in [1.165, 1.54) is 9.71 Å². The van der Waals surface area contributed by atoms with Crippen LogP contribution in [0.5, 0.6) is 0 Å². The molecule has 0 aliphatic carbocycles. The molecular formula is C19H29N3O3S. The molecule has 1 saturated heterocycles. The van der Waals surface area contributed by atoms with Crippen molar-refractivity contribution in [2.24, 2.45) is 0 Å². The van der Waals surface area contributed by atoms with Gasteiger partial charge < -0.3 is 4.90 Å². The molecule has 7 heteroatoms. The van der Waals surface area contributed by atoms with Gasteiger partial charge in [0.05, 0.1) is 6.54 Å². The van der Waals surface area contributed by atoms with Gasteiger partial charge in [-0.25, -0.2) is 8.42 Å². The second-order valence-electron chi connectivity index (χ2n) is 6.35. The average Bonchev–Trinajstić information content (AvgIpc) is 2.88. The van der Waals surface area contributed by atoms with Gasteiger partial charge in [0.1, 0.15) is 0 Å². The Morgan fingerprint density at radius 1 is 1.08 bits per heavy atom. The van der Waals surface area contributed by atoms with Gasteiger partial charge in [-0.2, -0.15) is 4.31 Å². The van der Waals surface area contributed by atoms with E-state index < -0.39 is 10.0 Å². The molecule has 0 unspecified atom stereocenters. The van der Waals surface area contributed by atoms with Gasteiger partial charge in [-0.3, -0.25) is 9.69 Å². The van der Waals surface area contributed by atoms with Gasteiger partial charge in [0.25, 0.3) is 0 Å². The first kappa shape index (κ1) is 20.6. The third-order valence-electron chi connectivity index (χ3n) is 4.61. The number of carbonyl (C=O) groups is 1. The smallest absolute Gasteiger partial charge is 0.236 e. The Kier molecular flexibility index (Phi) is 7.81. The molecule has 0 bridgehead atoms. The molecule has 6 nitrogen and oxygen atoms in total. The number of amides is 1. The Bertz CT molecular complexity index is 700. The van der Waals surface area contributed by atoms with E-state index in [9.17, 15) is 13.2 Å². The molecule has 0 spiro atoms. The molecule has 1 amide bonds. The summed E-state index contributed by atoms with van der Waals surface area (Å²) in [7, 11) is -3.45. The van der Waals surface area contributed by atoms with Crippen molar-refractivity contribution in [1.29, 1.82) is 0 Å². The fourth-order valence-electron chi connectivity index (χ4n) is 3.04. The maximum absolute atomic E-state index is 12.6. The van der Waals surface area contributed by atoms with Crippen molar-refractivity contribution < 1.29 is 13.2 Å². The summed E-state index contributed by atoms with van der Waals surface area (Å²) in [4.78, 5) is 16.1. The molecule has 0 N–H and O–H groups in total. The van der Waals surface area contributed by atoms with Crippen LogP contribution in [0.25, 0.3) is 6.08 Å². The molecule has 2 rings (SSSR count). The van der Waals surface area contributed by atoms with Crippen molar-refractivity contribution in [2.45, 2.75) is 20.3 Å². The molecule has 1 aliphatic heterocycles. The van der Waals surface area contributed by atoms with E-state index in [-0.39, 0.29) is 5.91 Å². The van der Waals surface area contributed by atoms with Crippen LogP contribution in [0.3, 0.4) is 0 Å². The number of sulfonamides is 1. The Balaban J connectivity index is 1.94. The zero-order chi connectivity index (χ0) is 19.0. The van der Waals surface area contributed by atoms with Gasteiger partial charge in [-0.1, -0.05) is 30.3 Å². The zero-order valence-electron chi connectivity index (χ0n) is 15.7. The highest BCUT2D eigenvalue weighted by Crippen LogP contribution is 2.12. The Hall–Kier alpha value is -1.70. The monoisotopic (exact) mass is 379 g/mol. The van der Waals surface area contributed by atoms with Gasteiger partial charge in [0.2, 0.25) is 15.9 Å². The minimum atomic E-state index is -3.45. The van der Waals surface area contributed by atoms with Crippen LogP contribution >= 0.6 is 0 Å². The molecular weight excluding hydrogens is 350 g/mol. The van der Waals surface area contributed by atoms with E-state index in [4.69, 9.17) is 0 Å². The Morgan fingerprint density at radius 2 is 1.77 bits per heavy atom. The summed E-state index contributed by atoms with van der Waals surface area (Å²) >= 11 is 0. The first-order chi connectivity index (χ1) is 12.5. The molecule has 1 heterocycles. The maximum Gasteiger partial charge on any atom is 0.236 e. The summed E-state index contributed by atoms with van der Waals surface area (Å²) in [5, 5.41) is 1.28. The highest BCUT2D eigenvalue weighted by molar-refractivity contribution is 7.92. The minimum absolute atomic E-state index is 0.107. The fraction of sp³-hybridized carbons (Fsp3) is 0.526. The predicted octanol–water partition coefficient (Wildman–Crippen LogP) is 1.86. The van der Waals surface area contributed by atoms with Crippen LogP contribution in [0.4, 0.5) is 0 Å². The van der Waals surface area contributed by atoms with E-state index in [0.717, 1.165) is 18.5 Å². The zero-order valence-corrected chi connectivity index (χ0v) is 16.5. The molecule has 144 valence electrons. The van der Waals surface area contributed by atoms with Gasteiger partial charge in [-0.05, 0) is 38.5 Å². The number of benzene rings is 1. The normalized spacial score (nSPS) is 17.3. The fourth-order valence-corrected chi connectivity index (χ4v) is 4.26. The SMILES string of the molecule is CCN(CC)C(=O)CN1CCCN(S(=O)(=O)/C=C/c2ccccc2)CC1. The van der Waals surface area contributed by atoms with E-state index in [0.29, 0.717) is 39.3 Å².